The van der Waals surface area contributed by atoms with E-state index >= 15 is 0 Å². The van der Waals surface area contributed by atoms with Gasteiger partial charge in [0.15, 0.2) is 5.13 Å². The van der Waals surface area contributed by atoms with Gasteiger partial charge >= 0.3 is 0 Å². The first-order valence-corrected chi connectivity index (χ1v) is 10.5. The number of anilines is 1. The number of carbonyl (C=O) groups is 1. The molecule has 0 aliphatic heterocycles. The van der Waals surface area contributed by atoms with Crippen molar-refractivity contribution in [3.8, 4) is 5.75 Å². The van der Waals surface area contributed by atoms with Gasteiger partial charge in [-0.2, -0.15) is 0 Å². The maximum Gasteiger partial charge on any atom is 0.250 e. The lowest BCUT2D eigenvalue weighted by atomic mass is 10.3. The molecule has 0 fully saturated rings. The minimum Gasteiger partial charge on any atom is -0.497 e. The molecule has 0 bridgehead atoms. The first-order chi connectivity index (χ1) is 15.2. The van der Waals surface area contributed by atoms with Gasteiger partial charge in [0.25, 0.3) is 5.91 Å². The summed E-state index contributed by atoms with van der Waals surface area (Å²) in [5.41, 5.74) is 3.11. The number of para-hydroxylation sites is 1. The Morgan fingerprint density at radius 3 is 2.81 bits per heavy atom. The molecule has 0 aliphatic carbocycles. The Kier molecular flexibility index (Phi) is 5.01. The van der Waals surface area contributed by atoms with Crippen molar-refractivity contribution in [3.63, 3.8) is 0 Å². The maximum absolute atomic E-state index is 13.4. The summed E-state index contributed by atoms with van der Waals surface area (Å²) in [5, 5.41) is 8.90. The van der Waals surface area contributed by atoms with Crippen LogP contribution < -0.4 is 9.64 Å². The molecule has 3 heterocycles. The summed E-state index contributed by atoms with van der Waals surface area (Å²) in [5.74, 6) is 0.577. The second kappa shape index (κ2) is 8.11. The van der Waals surface area contributed by atoms with Gasteiger partial charge in [-0.1, -0.05) is 34.7 Å². The molecule has 0 spiro atoms. The van der Waals surface area contributed by atoms with Gasteiger partial charge in [-0.05, 0) is 36.4 Å². The highest BCUT2D eigenvalue weighted by Crippen LogP contribution is 2.32. The van der Waals surface area contributed by atoms with Crippen molar-refractivity contribution in [3.05, 3.63) is 72.6 Å². The van der Waals surface area contributed by atoms with Crippen LogP contribution in [0.15, 0.2) is 66.9 Å². The van der Waals surface area contributed by atoms with Crippen molar-refractivity contribution < 1.29 is 9.53 Å². The van der Waals surface area contributed by atoms with E-state index in [1.165, 1.54) is 11.3 Å². The number of thiazole rings is 1. The topological polar surface area (TPSA) is 86.0 Å². The monoisotopic (exact) mass is 430 g/mol. The second-order valence-corrected chi connectivity index (χ2v) is 7.88. The predicted octanol–water partition coefficient (Wildman–Crippen LogP) is 3.68. The number of rotatable bonds is 6. The molecule has 0 aliphatic rings. The number of fused-ring (bicyclic) bond motifs is 2. The first kappa shape index (κ1) is 19.1. The number of aromatic nitrogens is 5. The quantitative estimate of drug-likeness (QED) is 0.409. The number of hydrogen-bond acceptors (Lipinski definition) is 7. The van der Waals surface area contributed by atoms with Crippen molar-refractivity contribution in [1.29, 1.82) is 0 Å². The van der Waals surface area contributed by atoms with E-state index in [2.05, 4.69) is 15.3 Å². The Bertz CT molecular complexity index is 1360. The third-order valence-corrected chi connectivity index (χ3v) is 5.93. The van der Waals surface area contributed by atoms with Crippen molar-refractivity contribution in [1.82, 2.24) is 25.0 Å². The van der Waals surface area contributed by atoms with Crippen LogP contribution in [-0.2, 0) is 17.9 Å². The number of hydrogen-bond donors (Lipinski definition) is 0. The summed E-state index contributed by atoms with van der Waals surface area (Å²) in [7, 11) is 1.62. The standard InChI is InChI=1S/C22H18N6O2S/c1-30-16-9-10-20-18(12-16)24-22(31-20)27(13-15-6-4-5-11-23-15)21(29)14-28-19-8-3-2-7-17(19)25-26-28/h2-12H,13-14H2,1H3. The van der Waals surface area contributed by atoms with E-state index in [1.54, 1.807) is 22.9 Å². The molecule has 0 saturated carbocycles. The molecule has 0 radical (unpaired) electrons. The van der Waals surface area contributed by atoms with E-state index in [4.69, 9.17) is 9.72 Å². The van der Waals surface area contributed by atoms with Gasteiger partial charge < -0.3 is 4.74 Å². The van der Waals surface area contributed by atoms with Crippen LogP contribution in [0.1, 0.15) is 5.69 Å². The first-order valence-electron chi connectivity index (χ1n) is 9.64. The average Bonchev–Trinajstić information content (AvgIpc) is 3.41. The largest absolute Gasteiger partial charge is 0.497 e. The predicted molar refractivity (Wildman–Crippen MR) is 119 cm³/mol. The van der Waals surface area contributed by atoms with Gasteiger partial charge in [-0.25, -0.2) is 9.67 Å². The zero-order valence-corrected chi connectivity index (χ0v) is 17.5. The molecule has 154 valence electrons. The van der Waals surface area contributed by atoms with E-state index in [-0.39, 0.29) is 12.5 Å². The molecule has 9 heteroatoms. The normalized spacial score (nSPS) is 11.1. The number of benzene rings is 2. The fraction of sp³-hybridized carbons (Fsp3) is 0.136. The fourth-order valence-electron chi connectivity index (χ4n) is 3.30. The summed E-state index contributed by atoms with van der Waals surface area (Å²) in [6, 6.07) is 18.9. The zero-order chi connectivity index (χ0) is 21.2. The Hall–Kier alpha value is -3.85. The van der Waals surface area contributed by atoms with Crippen LogP contribution in [0.2, 0.25) is 0 Å². The van der Waals surface area contributed by atoms with E-state index in [9.17, 15) is 4.79 Å². The number of amides is 1. The third kappa shape index (κ3) is 3.82. The van der Waals surface area contributed by atoms with Crippen LogP contribution in [-0.4, -0.2) is 38.0 Å². The van der Waals surface area contributed by atoms with Crippen LogP contribution in [0.3, 0.4) is 0 Å². The molecule has 0 N–H and O–H groups in total. The van der Waals surface area contributed by atoms with Gasteiger partial charge in [-0.15, -0.1) is 5.10 Å². The lowest BCUT2D eigenvalue weighted by molar-refractivity contribution is -0.119. The van der Waals surface area contributed by atoms with Gasteiger partial charge in [0.1, 0.15) is 17.8 Å². The van der Waals surface area contributed by atoms with Crippen LogP contribution in [0.25, 0.3) is 21.3 Å². The van der Waals surface area contributed by atoms with Crippen molar-refractivity contribution >= 4 is 43.6 Å². The van der Waals surface area contributed by atoms with Gasteiger partial charge in [-0.3, -0.25) is 14.7 Å². The molecule has 1 amide bonds. The van der Waals surface area contributed by atoms with Crippen LogP contribution >= 0.6 is 11.3 Å². The molecule has 0 atom stereocenters. The van der Waals surface area contributed by atoms with Crippen molar-refractivity contribution in [2.24, 2.45) is 0 Å². The number of methoxy groups -OCH3 is 1. The van der Waals surface area contributed by atoms with Crippen LogP contribution in [0.5, 0.6) is 5.75 Å². The van der Waals surface area contributed by atoms with E-state index < -0.39 is 0 Å². The minimum absolute atomic E-state index is 0.0482. The highest BCUT2D eigenvalue weighted by molar-refractivity contribution is 7.22. The molecule has 3 aromatic heterocycles. The van der Waals surface area contributed by atoms with Crippen LogP contribution in [0, 0.1) is 0 Å². The molecule has 0 saturated heterocycles. The van der Waals surface area contributed by atoms with E-state index in [0.29, 0.717) is 11.7 Å². The lowest BCUT2D eigenvalue weighted by Crippen LogP contribution is -2.34. The Morgan fingerprint density at radius 1 is 1.10 bits per heavy atom. The molecule has 0 unspecified atom stereocenters. The molecule has 2 aromatic carbocycles. The van der Waals surface area contributed by atoms with E-state index in [1.807, 2.05) is 60.7 Å². The lowest BCUT2D eigenvalue weighted by Gasteiger charge is -2.19. The maximum atomic E-state index is 13.4. The van der Waals surface area contributed by atoms with Gasteiger partial charge in [0.05, 0.1) is 35.1 Å². The number of carbonyl (C=O) groups excluding carboxylic acids is 1. The van der Waals surface area contributed by atoms with Crippen molar-refractivity contribution in [2.75, 3.05) is 12.0 Å². The SMILES string of the molecule is COc1ccc2sc(N(Cc3ccccn3)C(=O)Cn3nnc4ccccc43)nc2c1. The molecule has 31 heavy (non-hydrogen) atoms. The number of nitrogens with zero attached hydrogens (tertiary/aromatic N) is 6. The summed E-state index contributed by atoms with van der Waals surface area (Å²) in [4.78, 5) is 24.1. The third-order valence-electron chi connectivity index (χ3n) is 4.87. The fourth-order valence-corrected chi connectivity index (χ4v) is 4.26. The molecular formula is C22H18N6O2S. The zero-order valence-electron chi connectivity index (χ0n) is 16.7. The van der Waals surface area contributed by atoms with Gasteiger partial charge in [0.2, 0.25) is 0 Å². The number of pyridine rings is 1. The minimum atomic E-state index is -0.146. The molecule has 5 aromatic rings. The smallest absolute Gasteiger partial charge is 0.250 e. The molecule has 5 rings (SSSR count). The summed E-state index contributed by atoms with van der Waals surface area (Å²) in [6.07, 6.45) is 1.71. The van der Waals surface area contributed by atoms with Gasteiger partial charge in [0, 0.05) is 12.3 Å². The summed E-state index contributed by atoms with van der Waals surface area (Å²) >= 11 is 1.45. The Morgan fingerprint density at radius 2 is 1.97 bits per heavy atom. The molecule has 8 nitrogen and oxygen atoms in total. The molecular weight excluding hydrogens is 412 g/mol. The summed E-state index contributed by atoms with van der Waals surface area (Å²) < 4.78 is 7.89. The summed E-state index contributed by atoms with van der Waals surface area (Å²) in [6.45, 7) is 0.357. The Balaban J connectivity index is 1.51. The highest BCUT2D eigenvalue weighted by atomic mass is 32.1. The number of ether oxygens (including phenoxy) is 1. The van der Waals surface area contributed by atoms with E-state index in [0.717, 1.165) is 32.7 Å². The Labute approximate surface area is 181 Å². The van der Waals surface area contributed by atoms with Crippen molar-refractivity contribution in [2.45, 2.75) is 13.1 Å². The highest BCUT2D eigenvalue weighted by Gasteiger charge is 2.22. The van der Waals surface area contributed by atoms with Crippen LogP contribution in [0.4, 0.5) is 5.13 Å². The second-order valence-electron chi connectivity index (χ2n) is 6.87. The average molecular weight is 430 g/mol.